The Labute approximate surface area is 105 Å². The molecule has 8 nitrogen and oxygen atoms in total. The van der Waals surface area contributed by atoms with Crippen molar-refractivity contribution in [3.63, 3.8) is 0 Å². The van der Waals surface area contributed by atoms with Crippen LogP contribution in [-0.2, 0) is 9.13 Å². The van der Waals surface area contributed by atoms with Gasteiger partial charge < -0.3 is 38.5 Å². The van der Waals surface area contributed by atoms with Crippen LogP contribution in [0.2, 0.25) is 0 Å². The van der Waals surface area contributed by atoms with Gasteiger partial charge in [-0.25, -0.2) is 0 Å². The molecule has 0 saturated carbocycles. The molecule has 0 fully saturated rings. The standard InChI is InChI=1S/2In.2H3O4P/c;;2*1-5(2,3)4/h;;2*(H3,1,2,3,4)/q2*+3;;/p-6. The van der Waals surface area contributed by atoms with E-state index in [1.807, 2.05) is 0 Å². The van der Waals surface area contributed by atoms with E-state index in [0.717, 1.165) is 0 Å². The van der Waals surface area contributed by atoms with Gasteiger partial charge in [-0.15, -0.1) is 0 Å². The molecule has 12 heavy (non-hydrogen) atoms. The van der Waals surface area contributed by atoms with Crippen molar-refractivity contribution in [2.45, 2.75) is 0 Å². The Balaban J connectivity index is -0.0000000457. The maximum absolute atomic E-state index is 8.55. The first kappa shape index (κ1) is 23.6. The van der Waals surface area contributed by atoms with Gasteiger partial charge in [0.05, 0.1) is 0 Å². The molecule has 0 atom stereocenters. The Morgan fingerprint density at radius 2 is 0.583 bits per heavy atom. The average molecular weight is 420 g/mol. The van der Waals surface area contributed by atoms with Crippen LogP contribution < -0.4 is 29.4 Å². The van der Waals surface area contributed by atoms with Gasteiger partial charge in [-0.05, 0) is 0 Å². The minimum atomic E-state index is -5.39. The van der Waals surface area contributed by atoms with Crippen LogP contribution in [0.5, 0.6) is 0 Å². The average Bonchev–Trinajstić information content (AvgIpc) is 1.12. The van der Waals surface area contributed by atoms with Gasteiger partial charge in [0.2, 0.25) is 0 Å². The monoisotopic (exact) mass is 420 g/mol. The van der Waals surface area contributed by atoms with Crippen LogP contribution >= 0.6 is 15.6 Å². The Hall–Kier alpha value is 1.96. The van der Waals surface area contributed by atoms with E-state index in [4.69, 9.17) is 38.5 Å². The van der Waals surface area contributed by atoms with Crippen LogP contribution in [0.4, 0.5) is 0 Å². The minimum Gasteiger partial charge on any atom is -0.822 e. The minimum absolute atomic E-state index is 0. The van der Waals surface area contributed by atoms with Crippen molar-refractivity contribution in [1.29, 1.82) is 0 Å². The molecule has 0 aromatic rings. The number of phosphoric acid groups is 2. The van der Waals surface area contributed by atoms with Crippen LogP contribution in [0.15, 0.2) is 0 Å². The zero-order chi connectivity index (χ0) is 9.00. The quantitative estimate of drug-likeness (QED) is 0.348. The van der Waals surface area contributed by atoms with E-state index in [1.54, 1.807) is 0 Å². The van der Waals surface area contributed by atoms with E-state index in [2.05, 4.69) is 0 Å². The van der Waals surface area contributed by atoms with E-state index in [0.29, 0.717) is 0 Å². The number of rotatable bonds is 0. The molecule has 0 aliphatic rings. The van der Waals surface area contributed by atoms with E-state index < -0.39 is 15.6 Å². The molecule has 0 rings (SSSR count). The third-order valence-corrected chi connectivity index (χ3v) is 0. The summed E-state index contributed by atoms with van der Waals surface area (Å²) < 4.78 is 17.1. The summed E-state index contributed by atoms with van der Waals surface area (Å²) in [5, 5.41) is 0. The molecule has 0 heterocycles. The van der Waals surface area contributed by atoms with Crippen LogP contribution in [-0.4, -0.2) is 51.7 Å². The first-order valence-electron chi connectivity index (χ1n) is 1.46. The molecule has 0 aromatic carbocycles. The van der Waals surface area contributed by atoms with Gasteiger partial charge in [0.25, 0.3) is 0 Å². The molecular formula is In2O8P2. The molecule has 0 radical (unpaired) electrons. The summed E-state index contributed by atoms with van der Waals surface area (Å²) in [5.41, 5.74) is 0. The topological polar surface area (TPSA) is 172 Å². The van der Waals surface area contributed by atoms with Gasteiger partial charge in [0, 0.05) is 0 Å². The summed E-state index contributed by atoms with van der Waals surface area (Å²) in [6.45, 7) is 0. The molecule has 64 valence electrons. The van der Waals surface area contributed by atoms with Gasteiger partial charge >= 0.3 is 51.7 Å². The predicted octanol–water partition coefficient (Wildman–Crippen LogP) is -6.41. The molecule has 0 aliphatic heterocycles. The summed E-state index contributed by atoms with van der Waals surface area (Å²) in [6, 6.07) is 0. The number of hydrogen-bond donors (Lipinski definition) is 0. The zero-order valence-corrected chi connectivity index (χ0v) is 13.7. The Kier molecular flexibility index (Phi) is 18.7. The van der Waals surface area contributed by atoms with E-state index in [1.165, 1.54) is 0 Å². The molecular weight excluding hydrogens is 420 g/mol. The smallest absolute Gasteiger partial charge is 0.822 e. The summed E-state index contributed by atoms with van der Waals surface area (Å²) >= 11 is 0. The second-order valence-electron chi connectivity index (χ2n) is 0.894. The van der Waals surface area contributed by atoms with Crippen molar-refractivity contribution in [3.05, 3.63) is 0 Å². The van der Waals surface area contributed by atoms with Crippen molar-refractivity contribution in [2.24, 2.45) is 0 Å². The second kappa shape index (κ2) is 9.51. The van der Waals surface area contributed by atoms with Crippen molar-refractivity contribution in [1.82, 2.24) is 0 Å². The summed E-state index contributed by atoms with van der Waals surface area (Å²) in [5.74, 6) is 0. The Morgan fingerprint density at radius 3 is 0.583 bits per heavy atom. The molecule has 0 bridgehead atoms. The molecule has 0 N–H and O–H groups in total. The van der Waals surface area contributed by atoms with E-state index in [-0.39, 0.29) is 51.7 Å². The van der Waals surface area contributed by atoms with Crippen molar-refractivity contribution >= 4 is 67.3 Å². The molecule has 0 aliphatic carbocycles. The third-order valence-electron chi connectivity index (χ3n) is 0. The van der Waals surface area contributed by atoms with E-state index in [9.17, 15) is 0 Å². The maximum Gasteiger partial charge on any atom is 3.00 e. The van der Waals surface area contributed by atoms with Crippen molar-refractivity contribution in [3.8, 4) is 0 Å². The summed E-state index contributed by atoms with van der Waals surface area (Å²) in [7, 11) is -10.8. The maximum atomic E-state index is 8.55. The molecule has 12 heteroatoms. The summed E-state index contributed by atoms with van der Waals surface area (Å²) in [6.07, 6.45) is 0. The van der Waals surface area contributed by atoms with Gasteiger partial charge in [-0.2, -0.15) is 15.6 Å². The molecule has 0 aromatic heterocycles. The molecule has 0 unspecified atom stereocenters. The first-order chi connectivity index (χ1) is 4.00. The van der Waals surface area contributed by atoms with Crippen LogP contribution in [0.3, 0.4) is 0 Å². The number of hydrogen-bond acceptors (Lipinski definition) is 8. The zero-order valence-electron chi connectivity index (χ0n) is 5.32. The fourth-order valence-corrected chi connectivity index (χ4v) is 0. The molecule has 0 spiro atoms. The van der Waals surface area contributed by atoms with Crippen molar-refractivity contribution in [2.75, 3.05) is 0 Å². The van der Waals surface area contributed by atoms with Gasteiger partial charge in [0.1, 0.15) is 0 Å². The third kappa shape index (κ3) is 374. The Morgan fingerprint density at radius 1 is 0.583 bits per heavy atom. The van der Waals surface area contributed by atoms with Crippen LogP contribution in [0, 0.1) is 0 Å². The van der Waals surface area contributed by atoms with Crippen LogP contribution in [0.25, 0.3) is 0 Å². The fourth-order valence-electron chi connectivity index (χ4n) is 0. The largest absolute Gasteiger partial charge is 3.00 e. The normalized spacial score (nSPS) is 9.83. The SMILES string of the molecule is O=P([O-])([O-])[O-].O=P([O-])([O-])[O-].[In+3].[In+3]. The summed E-state index contributed by atoms with van der Waals surface area (Å²) in [4.78, 5) is 51.3. The van der Waals surface area contributed by atoms with Gasteiger partial charge in [-0.1, -0.05) is 0 Å². The first-order valence-corrected chi connectivity index (χ1v) is 4.38. The molecule has 0 saturated heterocycles. The van der Waals surface area contributed by atoms with E-state index >= 15 is 0 Å². The van der Waals surface area contributed by atoms with Crippen LogP contribution in [0.1, 0.15) is 0 Å². The Bertz CT molecular complexity index is 127. The molecule has 0 amide bonds. The predicted molar refractivity (Wildman–Crippen MR) is 26.7 cm³/mol. The fraction of sp³-hybridized carbons (Fsp3) is 0. The second-order valence-corrected chi connectivity index (χ2v) is 2.68. The van der Waals surface area contributed by atoms with Crippen molar-refractivity contribution < 1.29 is 38.5 Å². The van der Waals surface area contributed by atoms with Gasteiger partial charge in [-0.3, -0.25) is 0 Å². The van der Waals surface area contributed by atoms with Gasteiger partial charge in [0.15, 0.2) is 0 Å².